The van der Waals surface area contributed by atoms with Crippen LogP contribution in [0.2, 0.25) is 0 Å². The van der Waals surface area contributed by atoms with Crippen LogP contribution in [0, 0.1) is 5.92 Å². The summed E-state index contributed by atoms with van der Waals surface area (Å²) in [6.07, 6.45) is 1.30. The number of urea groups is 1. The van der Waals surface area contributed by atoms with E-state index >= 15 is 0 Å². The zero-order chi connectivity index (χ0) is 20.6. The highest BCUT2D eigenvalue weighted by molar-refractivity contribution is 5.97. The highest BCUT2D eigenvalue weighted by Crippen LogP contribution is 2.28. The number of nitrogens with zero attached hydrogens (tertiary/aromatic N) is 1. The summed E-state index contributed by atoms with van der Waals surface area (Å²) in [7, 11) is 1.47. The molecule has 1 atom stereocenters. The molecule has 1 saturated heterocycles. The Morgan fingerprint density at radius 1 is 0.931 bits per heavy atom. The summed E-state index contributed by atoms with van der Waals surface area (Å²) < 4.78 is 0. The van der Waals surface area contributed by atoms with Crippen molar-refractivity contribution in [1.82, 2.24) is 15.5 Å². The minimum Gasteiger partial charge on any atom is -0.341 e. The van der Waals surface area contributed by atoms with Crippen LogP contribution < -0.4 is 16.0 Å². The summed E-state index contributed by atoms with van der Waals surface area (Å²) in [5.74, 6) is -0.477. The number of hydrogen-bond acceptors (Lipinski definition) is 4. The molecule has 0 radical (unpaired) electrons. The molecule has 0 unspecified atom stereocenters. The Kier molecular flexibility index (Phi) is 6.97. The molecule has 152 valence electrons. The van der Waals surface area contributed by atoms with Gasteiger partial charge in [0.05, 0.1) is 0 Å². The number of imide groups is 1. The molecule has 1 heterocycles. The summed E-state index contributed by atoms with van der Waals surface area (Å²) in [6, 6.07) is 17.7. The van der Waals surface area contributed by atoms with Crippen molar-refractivity contribution in [1.29, 1.82) is 0 Å². The van der Waals surface area contributed by atoms with Crippen molar-refractivity contribution in [2.75, 3.05) is 25.5 Å². The number of rotatable bonds is 5. The Balaban J connectivity index is 1.65. The average Bonchev–Trinajstić information content (AvgIpc) is 2.75. The zero-order valence-corrected chi connectivity index (χ0v) is 16.4. The van der Waals surface area contributed by atoms with E-state index in [1.807, 2.05) is 65.6 Å². The Labute approximate surface area is 170 Å². The quantitative estimate of drug-likeness (QED) is 0.727. The molecule has 3 rings (SSSR count). The number of hydrogen-bond donors (Lipinski definition) is 3. The van der Waals surface area contributed by atoms with Gasteiger partial charge >= 0.3 is 6.03 Å². The van der Waals surface area contributed by atoms with Gasteiger partial charge in [-0.05, 0) is 43.6 Å². The predicted molar refractivity (Wildman–Crippen MR) is 111 cm³/mol. The second kappa shape index (κ2) is 9.84. The smallest absolute Gasteiger partial charge is 0.321 e. The fourth-order valence-corrected chi connectivity index (χ4v) is 3.59. The summed E-state index contributed by atoms with van der Waals surface area (Å²) in [5.41, 5.74) is 1.60. The number of para-hydroxylation sites is 1. The average molecular weight is 394 g/mol. The molecule has 1 aliphatic heterocycles. The Hall–Kier alpha value is -3.19. The van der Waals surface area contributed by atoms with Crippen molar-refractivity contribution in [2.24, 2.45) is 5.92 Å². The molecule has 0 saturated carbocycles. The Bertz CT molecular complexity index is 834. The van der Waals surface area contributed by atoms with Gasteiger partial charge in [0.25, 0.3) is 0 Å². The van der Waals surface area contributed by atoms with E-state index < -0.39 is 12.1 Å². The van der Waals surface area contributed by atoms with E-state index in [9.17, 15) is 14.4 Å². The molecule has 29 heavy (non-hydrogen) atoms. The maximum Gasteiger partial charge on any atom is 0.321 e. The van der Waals surface area contributed by atoms with Gasteiger partial charge in [-0.1, -0.05) is 48.5 Å². The van der Waals surface area contributed by atoms with Crippen LogP contribution in [-0.2, 0) is 9.59 Å². The molecule has 0 bridgehead atoms. The minimum absolute atomic E-state index is 0.00178. The third-order valence-electron chi connectivity index (χ3n) is 5.13. The van der Waals surface area contributed by atoms with E-state index in [-0.39, 0.29) is 17.7 Å². The molecule has 0 aromatic heterocycles. The Morgan fingerprint density at radius 3 is 2.10 bits per heavy atom. The fraction of sp³-hybridized carbons (Fsp3) is 0.318. The highest BCUT2D eigenvalue weighted by atomic mass is 16.2. The van der Waals surface area contributed by atoms with Gasteiger partial charge in [-0.2, -0.15) is 0 Å². The van der Waals surface area contributed by atoms with E-state index in [1.165, 1.54) is 7.05 Å². The number of amides is 4. The van der Waals surface area contributed by atoms with Crippen molar-refractivity contribution in [3.05, 3.63) is 66.2 Å². The lowest BCUT2D eigenvalue weighted by atomic mass is 9.93. The highest BCUT2D eigenvalue weighted by Gasteiger charge is 2.33. The second-order valence-corrected chi connectivity index (χ2v) is 7.05. The van der Waals surface area contributed by atoms with Crippen LogP contribution >= 0.6 is 0 Å². The first-order chi connectivity index (χ1) is 14.1. The topological polar surface area (TPSA) is 90.5 Å². The molecular weight excluding hydrogens is 368 g/mol. The third kappa shape index (κ3) is 5.42. The number of piperidine rings is 1. The number of carbonyl (C=O) groups is 3. The van der Waals surface area contributed by atoms with Crippen molar-refractivity contribution in [3.63, 3.8) is 0 Å². The summed E-state index contributed by atoms with van der Waals surface area (Å²) in [5, 5.41) is 7.74. The van der Waals surface area contributed by atoms with E-state index in [4.69, 9.17) is 0 Å². The molecule has 4 amide bonds. The van der Waals surface area contributed by atoms with E-state index in [0.29, 0.717) is 25.9 Å². The molecule has 1 fully saturated rings. The molecule has 7 heteroatoms. The van der Waals surface area contributed by atoms with Crippen molar-refractivity contribution in [3.8, 4) is 0 Å². The molecule has 2 aromatic carbocycles. The maximum absolute atomic E-state index is 12.8. The zero-order valence-electron chi connectivity index (χ0n) is 16.4. The third-order valence-corrected chi connectivity index (χ3v) is 5.13. The number of anilines is 1. The lowest BCUT2D eigenvalue weighted by Crippen LogP contribution is -2.48. The van der Waals surface area contributed by atoms with Crippen molar-refractivity contribution < 1.29 is 14.4 Å². The van der Waals surface area contributed by atoms with Gasteiger partial charge < -0.3 is 10.6 Å². The van der Waals surface area contributed by atoms with Gasteiger partial charge in [0.2, 0.25) is 11.8 Å². The molecule has 7 nitrogen and oxygen atoms in total. The van der Waals surface area contributed by atoms with Crippen LogP contribution in [0.15, 0.2) is 60.7 Å². The number of carbonyl (C=O) groups excluding carboxylic acids is 3. The van der Waals surface area contributed by atoms with Gasteiger partial charge in [-0.3, -0.25) is 19.8 Å². The minimum atomic E-state index is -0.577. The molecule has 2 aromatic rings. The SMILES string of the molecule is CNC(=O)NC(=O)[C@H](c1ccccc1)N1CCC(C(=O)Nc2ccccc2)CC1. The van der Waals surface area contributed by atoms with Gasteiger partial charge in [-0.25, -0.2) is 4.79 Å². The van der Waals surface area contributed by atoms with Crippen LogP contribution in [0.3, 0.4) is 0 Å². The monoisotopic (exact) mass is 394 g/mol. The standard InChI is InChI=1S/C22H26N4O3/c1-23-22(29)25-21(28)19(16-8-4-2-5-9-16)26-14-12-17(13-15-26)20(27)24-18-10-6-3-7-11-18/h2-11,17,19H,12-15H2,1H3,(H,24,27)(H2,23,25,28,29)/t19-/m0/s1. The molecule has 0 spiro atoms. The van der Waals surface area contributed by atoms with E-state index in [2.05, 4.69) is 16.0 Å². The lowest BCUT2D eigenvalue weighted by molar-refractivity contribution is -0.127. The van der Waals surface area contributed by atoms with Crippen LogP contribution in [0.25, 0.3) is 0 Å². The summed E-state index contributed by atoms with van der Waals surface area (Å²) in [4.78, 5) is 39.0. The van der Waals surface area contributed by atoms with Gasteiger partial charge in [0.15, 0.2) is 0 Å². The number of benzene rings is 2. The normalized spacial score (nSPS) is 15.9. The first kappa shape index (κ1) is 20.5. The van der Waals surface area contributed by atoms with Gasteiger partial charge in [0.1, 0.15) is 6.04 Å². The molecular formula is C22H26N4O3. The maximum atomic E-state index is 12.8. The molecule has 0 aliphatic carbocycles. The van der Waals surface area contributed by atoms with Crippen LogP contribution in [0.1, 0.15) is 24.4 Å². The van der Waals surface area contributed by atoms with Crippen LogP contribution in [-0.4, -0.2) is 42.9 Å². The Morgan fingerprint density at radius 2 is 1.52 bits per heavy atom. The number of nitrogens with one attached hydrogen (secondary N) is 3. The van der Waals surface area contributed by atoms with Crippen molar-refractivity contribution in [2.45, 2.75) is 18.9 Å². The van der Waals surface area contributed by atoms with Crippen molar-refractivity contribution >= 4 is 23.5 Å². The van der Waals surface area contributed by atoms with Gasteiger partial charge in [0, 0.05) is 18.7 Å². The van der Waals surface area contributed by atoms with Gasteiger partial charge in [-0.15, -0.1) is 0 Å². The first-order valence-corrected chi connectivity index (χ1v) is 9.76. The summed E-state index contributed by atoms with van der Waals surface area (Å²) in [6.45, 7) is 1.18. The largest absolute Gasteiger partial charge is 0.341 e. The molecule has 1 aliphatic rings. The summed E-state index contributed by atoms with van der Waals surface area (Å²) >= 11 is 0. The fourth-order valence-electron chi connectivity index (χ4n) is 3.59. The predicted octanol–water partition coefficient (Wildman–Crippen LogP) is 2.53. The molecule has 3 N–H and O–H groups in total. The second-order valence-electron chi connectivity index (χ2n) is 7.05. The number of likely N-dealkylation sites (tertiary alicyclic amines) is 1. The van der Waals surface area contributed by atoms with E-state index in [0.717, 1.165) is 11.3 Å². The van der Waals surface area contributed by atoms with Crippen LogP contribution in [0.4, 0.5) is 10.5 Å². The first-order valence-electron chi connectivity index (χ1n) is 9.76. The van der Waals surface area contributed by atoms with Crippen LogP contribution in [0.5, 0.6) is 0 Å². The lowest BCUT2D eigenvalue weighted by Gasteiger charge is -2.36. The van der Waals surface area contributed by atoms with E-state index in [1.54, 1.807) is 0 Å².